The predicted molar refractivity (Wildman–Crippen MR) is 98.0 cm³/mol. The highest BCUT2D eigenvalue weighted by molar-refractivity contribution is 7.14. The smallest absolute Gasteiger partial charge is 0.340 e. The zero-order valence-electron chi connectivity index (χ0n) is 13.6. The van der Waals surface area contributed by atoms with Gasteiger partial charge in [-0.1, -0.05) is 18.2 Å². The van der Waals surface area contributed by atoms with Crippen molar-refractivity contribution in [3.05, 3.63) is 69.8 Å². The topological polar surface area (TPSA) is 144 Å². The maximum atomic E-state index is 12.2. The Bertz CT molecular complexity index is 1010. The van der Waals surface area contributed by atoms with Crippen LogP contribution in [0.2, 0.25) is 0 Å². The summed E-state index contributed by atoms with van der Waals surface area (Å²) in [4.78, 5) is 42.5. The molecule has 3 N–H and O–H groups in total. The van der Waals surface area contributed by atoms with Crippen molar-refractivity contribution in [1.29, 1.82) is 0 Å². The van der Waals surface area contributed by atoms with Gasteiger partial charge >= 0.3 is 6.03 Å². The minimum atomic E-state index is -0.945. The van der Waals surface area contributed by atoms with Crippen LogP contribution in [0.15, 0.2) is 54.0 Å². The van der Waals surface area contributed by atoms with E-state index < -0.39 is 16.9 Å². The first kappa shape index (κ1) is 17.9. The quantitative estimate of drug-likeness (QED) is 0.522. The molecule has 0 fully saturated rings. The van der Waals surface area contributed by atoms with E-state index in [1.165, 1.54) is 30.5 Å². The molecule has 2 aromatic heterocycles. The van der Waals surface area contributed by atoms with Gasteiger partial charge < -0.3 is 5.73 Å². The number of carbonyl (C=O) groups excluding carboxylic acids is 2. The Labute approximate surface area is 156 Å². The van der Waals surface area contributed by atoms with E-state index in [0.29, 0.717) is 11.3 Å². The molecule has 0 saturated heterocycles. The van der Waals surface area contributed by atoms with E-state index in [9.17, 15) is 19.7 Å². The first-order valence-electron chi connectivity index (χ1n) is 7.47. The van der Waals surface area contributed by atoms with Gasteiger partial charge in [-0.15, -0.1) is 11.3 Å². The molecule has 27 heavy (non-hydrogen) atoms. The number of aromatic nitrogens is 2. The molecule has 0 unspecified atom stereocenters. The lowest BCUT2D eigenvalue weighted by molar-refractivity contribution is -0.384. The molecular weight excluding hydrogens is 372 g/mol. The highest BCUT2D eigenvalue weighted by atomic mass is 32.1. The molecule has 3 aromatic rings. The summed E-state index contributed by atoms with van der Waals surface area (Å²) < 4.78 is 0. The number of nitrogens with two attached hydrogens (primary N) is 1. The number of nitrogens with zero attached hydrogens (tertiary/aromatic N) is 4. The zero-order valence-corrected chi connectivity index (χ0v) is 14.4. The standard InChI is InChI=1S/C16H12N6O4S/c17-15(24)21(20-14(23)12-6-1-2-7-18-12)16-19-13(9-27-16)10-4-3-5-11(8-10)22(25)26/h1-9H,(H2,17,24)(H,20,23). The number of non-ortho nitro benzene ring substituents is 1. The zero-order chi connectivity index (χ0) is 19.4. The molecule has 0 aliphatic carbocycles. The molecule has 0 saturated carbocycles. The van der Waals surface area contributed by atoms with E-state index in [-0.39, 0.29) is 16.5 Å². The van der Waals surface area contributed by atoms with E-state index in [1.807, 2.05) is 0 Å². The van der Waals surface area contributed by atoms with Crippen molar-refractivity contribution < 1.29 is 14.5 Å². The molecule has 3 rings (SSSR count). The summed E-state index contributed by atoms with van der Waals surface area (Å²) in [5.74, 6) is -0.638. The number of anilines is 1. The second-order valence-corrected chi connectivity index (χ2v) is 5.99. The van der Waals surface area contributed by atoms with Crippen LogP contribution in [0.25, 0.3) is 11.3 Å². The maximum Gasteiger partial charge on any atom is 0.340 e. The third kappa shape index (κ3) is 4.04. The van der Waals surface area contributed by atoms with Crippen LogP contribution in [0.1, 0.15) is 10.5 Å². The summed E-state index contributed by atoms with van der Waals surface area (Å²) in [5.41, 5.74) is 8.58. The number of hydrazine groups is 1. The van der Waals surface area contributed by atoms with Crippen LogP contribution in [0.3, 0.4) is 0 Å². The van der Waals surface area contributed by atoms with Crippen LogP contribution < -0.4 is 16.2 Å². The first-order valence-corrected chi connectivity index (χ1v) is 8.35. The van der Waals surface area contributed by atoms with Crippen molar-refractivity contribution in [1.82, 2.24) is 15.4 Å². The largest absolute Gasteiger partial charge is 0.350 e. The number of rotatable bonds is 4. The minimum Gasteiger partial charge on any atom is -0.350 e. The monoisotopic (exact) mass is 384 g/mol. The van der Waals surface area contributed by atoms with Gasteiger partial charge in [0, 0.05) is 29.3 Å². The van der Waals surface area contributed by atoms with Gasteiger partial charge in [-0.3, -0.25) is 25.3 Å². The van der Waals surface area contributed by atoms with Gasteiger partial charge in [0.15, 0.2) is 0 Å². The van der Waals surface area contributed by atoms with Crippen molar-refractivity contribution >= 4 is 34.1 Å². The average Bonchev–Trinajstić information content (AvgIpc) is 3.16. The minimum absolute atomic E-state index is 0.0859. The second-order valence-electron chi connectivity index (χ2n) is 5.15. The first-order chi connectivity index (χ1) is 13.0. The fraction of sp³-hybridized carbons (Fsp3) is 0. The average molecular weight is 384 g/mol. The lowest BCUT2D eigenvalue weighted by Crippen LogP contribution is -2.49. The number of thiazole rings is 1. The molecular formula is C16H12N6O4S. The normalized spacial score (nSPS) is 10.2. The van der Waals surface area contributed by atoms with E-state index in [1.54, 1.807) is 23.6 Å². The Kier molecular flexibility index (Phi) is 5.04. The van der Waals surface area contributed by atoms with Gasteiger partial charge in [0.2, 0.25) is 5.13 Å². The van der Waals surface area contributed by atoms with Gasteiger partial charge in [-0.05, 0) is 12.1 Å². The van der Waals surface area contributed by atoms with Crippen LogP contribution in [0, 0.1) is 10.1 Å². The summed E-state index contributed by atoms with van der Waals surface area (Å²) in [6.07, 6.45) is 1.44. The number of benzene rings is 1. The number of amides is 3. The third-order valence-electron chi connectivity index (χ3n) is 3.37. The number of hydrogen-bond donors (Lipinski definition) is 2. The molecule has 0 atom stereocenters. The molecule has 1 aromatic carbocycles. The van der Waals surface area contributed by atoms with Crippen LogP contribution in [0.5, 0.6) is 0 Å². The van der Waals surface area contributed by atoms with E-state index in [0.717, 1.165) is 16.3 Å². The number of primary amides is 1. The maximum absolute atomic E-state index is 12.2. The number of hydrogen-bond acceptors (Lipinski definition) is 7. The molecule has 0 spiro atoms. The number of pyridine rings is 1. The Balaban J connectivity index is 1.86. The van der Waals surface area contributed by atoms with Crippen molar-refractivity contribution in [2.45, 2.75) is 0 Å². The lowest BCUT2D eigenvalue weighted by Gasteiger charge is -2.17. The SMILES string of the molecule is NC(=O)N(NC(=O)c1ccccn1)c1nc(-c2cccc([N+](=O)[O-])c2)cs1. The molecule has 136 valence electrons. The number of nitro groups is 1. The molecule has 3 amide bonds. The number of nitrogens with one attached hydrogen (secondary N) is 1. The fourth-order valence-corrected chi connectivity index (χ4v) is 2.93. The third-order valence-corrected chi connectivity index (χ3v) is 4.19. The number of carbonyl (C=O) groups is 2. The van der Waals surface area contributed by atoms with Crippen molar-refractivity contribution in [2.75, 3.05) is 5.01 Å². The predicted octanol–water partition coefficient (Wildman–Crippen LogP) is 2.34. The van der Waals surface area contributed by atoms with Crippen molar-refractivity contribution in [3.8, 4) is 11.3 Å². The van der Waals surface area contributed by atoms with E-state index in [2.05, 4.69) is 15.4 Å². The van der Waals surface area contributed by atoms with Gasteiger partial charge in [0.1, 0.15) is 5.69 Å². The molecule has 0 aliphatic heterocycles. The summed E-state index contributed by atoms with van der Waals surface area (Å²) in [5, 5.41) is 13.4. The molecule has 0 radical (unpaired) electrons. The fourth-order valence-electron chi connectivity index (χ4n) is 2.13. The lowest BCUT2D eigenvalue weighted by atomic mass is 10.1. The van der Waals surface area contributed by atoms with Crippen LogP contribution in [0.4, 0.5) is 15.6 Å². The molecule has 0 aliphatic rings. The summed E-state index contributed by atoms with van der Waals surface area (Å²) in [6, 6.07) is 9.70. The van der Waals surface area contributed by atoms with E-state index in [4.69, 9.17) is 5.73 Å². The Morgan fingerprint density at radius 1 is 1.22 bits per heavy atom. The summed E-state index contributed by atoms with van der Waals surface area (Å²) in [7, 11) is 0. The molecule has 2 heterocycles. The second kappa shape index (κ2) is 7.58. The van der Waals surface area contributed by atoms with Crippen LogP contribution in [-0.4, -0.2) is 26.8 Å². The van der Waals surface area contributed by atoms with Gasteiger partial charge in [-0.25, -0.2) is 9.78 Å². The number of nitro benzene ring substituents is 1. The number of urea groups is 1. The van der Waals surface area contributed by atoms with Crippen molar-refractivity contribution in [3.63, 3.8) is 0 Å². The van der Waals surface area contributed by atoms with Gasteiger partial charge in [0.25, 0.3) is 11.6 Å². The van der Waals surface area contributed by atoms with Crippen LogP contribution >= 0.6 is 11.3 Å². The molecule has 11 heteroatoms. The van der Waals surface area contributed by atoms with Crippen molar-refractivity contribution in [2.24, 2.45) is 5.73 Å². The summed E-state index contributed by atoms with van der Waals surface area (Å²) in [6.45, 7) is 0. The summed E-state index contributed by atoms with van der Waals surface area (Å²) >= 11 is 1.04. The highest BCUT2D eigenvalue weighted by Crippen LogP contribution is 2.28. The van der Waals surface area contributed by atoms with Gasteiger partial charge in [-0.2, -0.15) is 5.01 Å². The van der Waals surface area contributed by atoms with E-state index >= 15 is 0 Å². The highest BCUT2D eigenvalue weighted by Gasteiger charge is 2.21. The Hall–Kier alpha value is -3.86. The molecule has 0 bridgehead atoms. The Morgan fingerprint density at radius 2 is 2.04 bits per heavy atom. The van der Waals surface area contributed by atoms with Crippen LogP contribution in [-0.2, 0) is 0 Å². The Morgan fingerprint density at radius 3 is 2.70 bits per heavy atom. The van der Waals surface area contributed by atoms with Gasteiger partial charge in [0.05, 0.1) is 10.6 Å². The molecule has 10 nitrogen and oxygen atoms in total.